The molecule has 0 aromatic heterocycles. The normalized spacial score (nSPS) is 11.8. The number of rotatable bonds is 7. The van der Waals surface area contributed by atoms with Crippen molar-refractivity contribution in [3.63, 3.8) is 0 Å². The standard InChI is InChI=1S/C14H21NO4/c1-4-18-13-8-10(6-7-12(13)17-3)11(15)9-14(16)19-5-2/h6-8,11H,4-5,9,15H2,1-3H3. The van der Waals surface area contributed by atoms with Crippen LogP contribution >= 0.6 is 0 Å². The number of hydrogen-bond acceptors (Lipinski definition) is 5. The van der Waals surface area contributed by atoms with Gasteiger partial charge in [-0.2, -0.15) is 0 Å². The third-order valence-electron chi connectivity index (χ3n) is 2.61. The molecule has 0 aliphatic heterocycles. The summed E-state index contributed by atoms with van der Waals surface area (Å²) in [4.78, 5) is 11.4. The second kappa shape index (κ2) is 7.63. The van der Waals surface area contributed by atoms with Crippen LogP contribution in [0.4, 0.5) is 0 Å². The average molecular weight is 267 g/mol. The fourth-order valence-corrected chi connectivity index (χ4v) is 1.71. The van der Waals surface area contributed by atoms with Crippen molar-refractivity contribution in [2.24, 2.45) is 5.73 Å². The van der Waals surface area contributed by atoms with Crippen LogP contribution in [0.1, 0.15) is 31.9 Å². The van der Waals surface area contributed by atoms with Crippen molar-refractivity contribution in [3.05, 3.63) is 23.8 Å². The fourth-order valence-electron chi connectivity index (χ4n) is 1.71. The van der Waals surface area contributed by atoms with Gasteiger partial charge in [0, 0.05) is 6.04 Å². The highest BCUT2D eigenvalue weighted by molar-refractivity contribution is 5.70. The molecule has 1 atom stereocenters. The lowest BCUT2D eigenvalue weighted by Crippen LogP contribution is -2.17. The molecule has 106 valence electrons. The van der Waals surface area contributed by atoms with E-state index in [2.05, 4.69) is 0 Å². The molecule has 0 aliphatic rings. The molecule has 0 spiro atoms. The fraction of sp³-hybridized carbons (Fsp3) is 0.500. The molecule has 1 aromatic carbocycles. The minimum atomic E-state index is -0.413. The molecule has 0 saturated heterocycles. The van der Waals surface area contributed by atoms with E-state index in [1.807, 2.05) is 13.0 Å². The third kappa shape index (κ3) is 4.44. The molecule has 0 aliphatic carbocycles. The summed E-state index contributed by atoms with van der Waals surface area (Å²) in [6, 6.07) is 4.99. The van der Waals surface area contributed by atoms with Gasteiger partial charge >= 0.3 is 5.97 Å². The Morgan fingerprint density at radius 3 is 2.58 bits per heavy atom. The van der Waals surface area contributed by atoms with Crippen molar-refractivity contribution >= 4 is 5.97 Å². The number of hydrogen-bond donors (Lipinski definition) is 1. The van der Waals surface area contributed by atoms with Gasteiger partial charge in [-0.05, 0) is 31.5 Å². The van der Waals surface area contributed by atoms with Crippen molar-refractivity contribution in [2.75, 3.05) is 20.3 Å². The maximum Gasteiger partial charge on any atom is 0.307 e. The van der Waals surface area contributed by atoms with Crippen molar-refractivity contribution < 1.29 is 19.0 Å². The van der Waals surface area contributed by atoms with Gasteiger partial charge in [0.05, 0.1) is 26.7 Å². The zero-order valence-corrected chi connectivity index (χ0v) is 11.6. The van der Waals surface area contributed by atoms with E-state index in [9.17, 15) is 4.79 Å². The second-order valence-corrected chi connectivity index (χ2v) is 3.96. The summed E-state index contributed by atoms with van der Waals surface area (Å²) in [5.41, 5.74) is 6.80. The van der Waals surface area contributed by atoms with E-state index >= 15 is 0 Å². The van der Waals surface area contributed by atoms with E-state index in [-0.39, 0.29) is 12.4 Å². The number of carbonyl (C=O) groups excluding carboxylic acids is 1. The van der Waals surface area contributed by atoms with Crippen molar-refractivity contribution in [3.8, 4) is 11.5 Å². The zero-order valence-electron chi connectivity index (χ0n) is 11.6. The zero-order chi connectivity index (χ0) is 14.3. The SMILES string of the molecule is CCOC(=O)CC(N)c1ccc(OC)c(OCC)c1. The summed E-state index contributed by atoms with van der Waals surface area (Å²) >= 11 is 0. The highest BCUT2D eigenvalue weighted by atomic mass is 16.5. The van der Waals surface area contributed by atoms with E-state index in [0.29, 0.717) is 24.7 Å². The number of methoxy groups -OCH3 is 1. The first-order valence-electron chi connectivity index (χ1n) is 6.34. The summed E-state index contributed by atoms with van der Waals surface area (Å²) in [5, 5.41) is 0. The van der Waals surface area contributed by atoms with Gasteiger partial charge in [-0.25, -0.2) is 0 Å². The Bertz CT molecular complexity index is 420. The minimum Gasteiger partial charge on any atom is -0.493 e. The molecule has 0 bridgehead atoms. The Morgan fingerprint density at radius 1 is 1.26 bits per heavy atom. The van der Waals surface area contributed by atoms with Gasteiger partial charge in [0.15, 0.2) is 11.5 Å². The quantitative estimate of drug-likeness (QED) is 0.765. The lowest BCUT2D eigenvalue weighted by atomic mass is 10.0. The van der Waals surface area contributed by atoms with Crippen molar-refractivity contribution in [2.45, 2.75) is 26.3 Å². The summed E-state index contributed by atoms with van der Waals surface area (Å²) < 4.78 is 15.6. The van der Waals surface area contributed by atoms with Gasteiger partial charge in [0.25, 0.3) is 0 Å². The number of carbonyl (C=O) groups is 1. The van der Waals surface area contributed by atoms with Crippen molar-refractivity contribution in [1.29, 1.82) is 0 Å². The minimum absolute atomic E-state index is 0.145. The maximum absolute atomic E-state index is 11.4. The first-order valence-corrected chi connectivity index (χ1v) is 6.34. The van der Waals surface area contributed by atoms with E-state index in [1.165, 1.54) is 0 Å². The van der Waals surface area contributed by atoms with Gasteiger partial charge in [-0.15, -0.1) is 0 Å². The number of nitrogens with two attached hydrogens (primary N) is 1. The molecule has 0 heterocycles. The lowest BCUT2D eigenvalue weighted by Gasteiger charge is -2.15. The highest BCUT2D eigenvalue weighted by Crippen LogP contribution is 2.30. The van der Waals surface area contributed by atoms with Crippen LogP contribution in [0.25, 0.3) is 0 Å². The predicted octanol–water partition coefficient (Wildman–Crippen LogP) is 2.05. The Labute approximate surface area is 113 Å². The Balaban J connectivity index is 2.82. The van der Waals surface area contributed by atoms with Crippen LogP contribution in [0.2, 0.25) is 0 Å². The molecule has 5 nitrogen and oxygen atoms in total. The molecule has 0 radical (unpaired) electrons. The van der Waals surface area contributed by atoms with Crippen LogP contribution in [0, 0.1) is 0 Å². The highest BCUT2D eigenvalue weighted by Gasteiger charge is 2.15. The molecule has 0 saturated carbocycles. The van der Waals surface area contributed by atoms with Gasteiger partial charge in [-0.3, -0.25) is 4.79 Å². The molecule has 0 amide bonds. The predicted molar refractivity (Wildman–Crippen MR) is 72.3 cm³/mol. The molecule has 2 N–H and O–H groups in total. The molecule has 1 aromatic rings. The van der Waals surface area contributed by atoms with Crippen LogP contribution in [0.5, 0.6) is 11.5 Å². The third-order valence-corrected chi connectivity index (χ3v) is 2.61. The van der Waals surface area contributed by atoms with Crippen LogP contribution in [-0.2, 0) is 9.53 Å². The number of ether oxygens (including phenoxy) is 3. The van der Waals surface area contributed by atoms with Crippen LogP contribution in [-0.4, -0.2) is 26.3 Å². The largest absolute Gasteiger partial charge is 0.493 e. The van der Waals surface area contributed by atoms with E-state index < -0.39 is 6.04 Å². The van der Waals surface area contributed by atoms with Gasteiger partial charge in [0.1, 0.15) is 0 Å². The van der Waals surface area contributed by atoms with E-state index in [4.69, 9.17) is 19.9 Å². The first-order chi connectivity index (χ1) is 9.12. The van der Waals surface area contributed by atoms with Crippen LogP contribution in [0.3, 0.4) is 0 Å². The van der Waals surface area contributed by atoms with Crippen molar-refractivity contribution in [1.82, 2.24) is 0 Å². The van der Waals surface area contributed by atoms with Crippen LogP contribution < -0.4 is 15.2 Å². The van der Waals surface area contributed by atoms with Gasteiger partial charge in [-0.1, -0.05) is 6.07 Å². The maximum atomic E-state index is 11.4. The summed E-state index contributed by atoms with van der Waals surface area (Å²) in [5.74, 6) is 0.972. The Kier molecular flexibility index (Phi) is 6.15. The van der Waals surface area contributed by atoms with E-state index in [0.717, 1.165) is 5.56 Å². The number of esters is 1. The summed E-state index contributed by atoms with van der Waals surface area (Å²) in [7, 11) is 1.58. The average Bonchev–Trinajstić information content (AvgIpc) is 2.39. The Hall–Kier alpha value is -1.75. The molecular formula is C14H21NO4. The summed E-state index contributed by atoms with van der Waals surface area (Å²) in [6.45, 7) is 4.56. The lowest BCUT2D eigenvalue weighted by molar-refractivity contribution is -0.143. The summed E-state index contributed by atoms with van der Waals surface area (Å²) in [6.07, 6.45) is 0.145. The molecule has 1 unspecified atom stereocenters. The second-order valence-electron chi connectivity index (χ2n) is 3.96. The van der Waals surface area contributed by atoms with E-state index in [1.54, 1.807) is 26.2 Å². The van der Waals surface area contributed by atoms with Gasteiger partial charge < -0.3 is 19.9 Å². The molecule has 1 rings (SSSR count). The monoisotopic (exact) mass is 267 g/mol. The number of benzene rings is 1. The molecule has 5 heteroatoms. The molecule has 0 fully saturated rings. The van der Waals surface area contributed by atoms with Gasteiger partial charge in [0.2, 0.25) is 0 Å². The van der Waals surface area contributed by atoms with Crippen LogP contribution in [0.15, 0.2) is 18.2 Å². The topological polar surface area (TPSA) is 70.8 Å². The smallest absolute Gasteiger partial charge is 0.307 e. The first kappa shape index (κ1) is 15.3. The Morgan fingerprint density at radius 2 is 2.00 bits per heavy atom. The molecule has 19 heavy (non-hydrogen) atoms. The molecular weight excluding hydrogens is 246 g/mol.